The van der Waals surface area contributed by atoms with Gasteiger partial charge in [-0.2, -0.15) is 0 Å². The first-order valence-electron chi connectivity index (χ1n) is 11.4. The van der Waals surface area contributed by atoms with Crippen LogP contribution in [0.25, 0.3) is 0 Å². The molecule has 0 saturated carbocycles. The molecule has 1 saturated heterocycles. The molecule has 0 unspecified atom stereocenters. The molecule has 0 aliphatic carbocycles. The van der Waals surface area contributed by atoms with E-state index in [1.54, 1.807) is 42.2 Å². The van der Waals surface area contributed by atoms with E-state index in [9.17, 15) is 18.4 Å². The van der Waals surface area contributed by atoms with Gasteiger partial charge in [0.05, 0.1) is 31.2 Å². The molecule has 0 bridgehead atoms. The second kappa shape index (κ2) is 10.6. The fraction of sp³-hybridized carbons (Fsp3) is 0.259. The Kier molecular flexibility index (Phi) is 7.38. The molecule has 1 heterocycles. The van der Waals surface area contributed by atoms with Gasteiger partial charge in [0.25, 0.3) is 5.91 Å². The van der Waals surface area contributed by atoms with Crippen LogP contribution in [0.2, 0.25) is 0 Å². The van der Waals surface area contributed by atoms with Crippen molar-refractivity contribution in [2.45, 2.75) is 19.9 Å². The number of anilines is 2. The molecule has 4 rings (SSSR count). The molecule has 0 atom stereocenters. The number of aryl methyl sites for hydroxylation is 1. The third-order valence-electron chi connectivity index (χ3n) is 5.96. The molecule has 3 amide bonds. The first-order valence-corrected chi connectivity index (χ1v) is 11.4. The van der Waals surface area contributed by atoms with Crippen molar-refractivity contribution < 1.29 is 27.8 Å². The van der Waals surface area contributed by atoms with Crippen molar-refractivity contribution in [2.24, 2.45) is 0 Å². The van der Waals surface area contributed by atoms with Gasteiger partial charge in [0.1, 0.15) is 23.1 Å². The molecule has 0 spiro atoms. The Labute approximate surface area is 208 Å². The Morgan fingerprint density at radius 1 is 0.972 bits per heavy atom. The molecule has 36 heavy (non-hydrogen) atoms. The van der Waals surface area contributed by atoms with Crippen molar-refractivity contribution >= 4 is 23.3 Å². The Morgan fingerprint density at radius 3 is 2.36 bits per heavy atom. The predicted octanol–water partition coefficient (Wildman–Crippen LogP) is 5.38. The van der Waals surface area contributed by atoms with Gasteiger partial charge in [0.2, 0.25) is 0 Å². The van der Waals surface area contributed by atoms with Crippen molar-refractivity contribution in [3.63, 3.8) is 0 Å². The SMILES string of the molecule is COc1cc(CN2CCCN(c3ccc(C)cc3NC(=O)c3ccc(F)cc3F)C2=O)cc(OC)c1. The fourth-order valence-electron chi connectivity index (χ4n) is 4.18. The van der Waals surface area contributed by atoms with E-state index < -0.39 is 17.5 Å². The highest BCUT2D eigenvalue weighted by molar-refractivity contribution is 6.07. The molecule has 0 aromatic heterocycles. The van der Waals surface area contributed by atoms with E-state index in [1.807, 2.05) is 25.1 Å². The lowest BCUT2D eigenvalue weighted by atomic mass is 10.1. The quantitative estimate of drug-likeness (QED) is 0.478. The number of carbonyl (C=O) groups excluding carboxylic acids is 2. The molecular formula is C27H27F2N3O4. The molecule has 9 heteroatoms. The van der Waals surface area contributed by atoms with Crippen LogP contribution in [0.5, 0.6) is 11.5 Å². The lowest BCUT2D eigenvalue weighted by Crippen LogP contribution is -2.49. The van der Waals surface area contributed by atoms with E-state index >= 15 is 0 Å². The summed E-state index contributed by atoms with van der Waals surface area (Å²) in [6.07, 6.45) is 0.709. The number of benzene rings is 3. The number of carbonyl (C=O) groups is 2. The number of rotatable bonds is 7. The minimum Gasteiger partial charge on any atom is -0.497 e. The Morgan fingerprint density at radius 2 is 1.69 bits per heavy atom. The molecule has 1 aliphatic heterocycles. The van der Waals surface area contributed by atoms with Crippen molar-refractivity contribution in [1.29, 1.82) is 0 Å². The van der Waals surface area contributed by atoms with Crippen LogP contribution >= 0.6 is 0 Å². The number of halogens is 2. The molecule has 1 aliphatic rings. The third kappa shape index (κ3) is 5.40. The predicted molar refractivity (Wildman–Crippen MR) is 133 cm³/mol. The van der Waals surface area contributed by atoms with Gasteiger partial charge in [-0.3, -0.25) is 9.69 Å². The zero-order valence-electron chi connectivity index (χ0n) is 20.3. The maximum absolute atomic E-state index is 14.2. The average Bonchev–Trinajstić information content (AvgIpc) is 2.85. The normalized spacial score (nSPS) is 13.5. The Hall–Kier alpha value is -4.14. The summed E-state index contributed by atoms with van der Waals surface area (Å²) < 4.78 is 38.1. The first kappa shape index (κ1) is 25.0. The van der Waals surface area contributed by atoms with Gasteiger partial charge in [0, 0.05) is 31.8 Å². The number of methoxy groups -OCH3 is 2. The molecule has 3 aromatic carbocycles. The highest BCUT2D eigenvalue weighted by Gasteiger charge is 2.29. The van der Waals surface area contributed by atoms with Crippen molar-refractivity contribution in [3.05, 3.63) is 82.9 Å². The summed E-state index contributed by atoms with van der Waals surface area (Å²) in [5.74, 6) is -1.21. The maximum Gasteiger partial charge on any atom is 0.324 e. The summed E-state index contributed by atoms with van der Waals surface area (Å²) in [7, 11) is 3.13. The van der Waals surface area contributed by atoms with Gasteiger partial charge in [-0.25, -0.2) is 13.6 Å². The van der Waals surface area contributed by atoms with E-state index in [0.29, 0.717) is 55.0 Å². The molecule has 0 radical (unpaired) electrons. The van der Waals surface area contributed by atoms with Crippen LogP contribution in [0.3, 0.4) is 0 Å². The maximum atomic E-state index is 14.2. The zero-order chi connectivity index (χ0) is 25.8. The van der Waals surface area contributed by atoms with Gasteiger partial charge >= 0.3 is 6.03 Å². The van der Waals surface area contributed by atoms with Crippen molar-refractivity contribution in [3.8, 4) is 11.5 Å². The highest BCUT2D eigenvalue weighted by atomic mass is 19.1. The molecule has 7 nitrogen and oxygen atoms in total. The standard InChI is InChI=1S/C27H27F2N3O4/c1-17-5-8-25(24(11-17)30-26(33)22-7-6-19(28)14-23(22)29)32-10-4-9-31(27(32)34)16-18-12-20(35-2)15-21(13-18)36-3/h5-8,11-15H,4,9-10,16H2,1-3H3,(H,30,33). The number of nitrogens with zero attached hydrogens (tertiary/aromatic N) is 2. The summed E-state index contributed by atoms with van der Waals surface area (Å²) >= 11 is 0. The second-order valence-electron chi connectivity index (χ2n) is 8.53. The number of hydrogen-bond donors (Lipinski definition) is 1. The van der Waals surface area contributed by atoms with Crippen LogP contribution in [0, 0.1) is 18.6 Å². The van der Waals surface area contributed by atoms with Crippen LogP contribution in [0.1, 0.15) is 27.9 Å². The van der Waals surface area contributed by atoms with Gasteiger partial charge in [0.15, 0.2) is 0 Å². The van der Waals surface area contributed by atoms with Crippen LogP contribution in [-0.4, -0.2) is 44.1 Å². The van der Waals surface area contributed by atoms with Crippen LogP contribution in [-0.2, 0) is 6.54 Å². The van der Waals surface area contributed by atoms with Crippen LogP contribution in [0.4, 0.5) is 25.0 Å². The third-order valence-corrected chi connectivity index (χ3v) is 5.96. The minimum absolute atomic E-state index is 0.227. The minimum atomic E-state index is -0.962. The Balaban J connectivity index is 1.59. The first-order chi connectivity index (χ1) is 17.3. The summed E-state index contributed by atoms with van der Waals surface area (Å²) in [6, 6.07) is 13.3. The lowest BCUT2D eigenvalue weighted by molar-refractivity contribution is 0.102. The van der Waals surface area contributed by atoms with E-state index in [2.05, 4.69) is 5.32 Å². The zero-order valence-corrected chi connectivity index (χ0v) is 20.3. The van der Waals surface area contributed by atoms with E-state index in [1.165, 1.54) is 0 Å². The number of hydrogen-bond acceptors (Lipinski definition) is 4. The fourth-order valence-corrected chi connectivity index (χ4v) is 4.18. The van der Waals surface area contributed by atoms with Gasteiger partial charge in [-0.15, -0.1) is 0 Å². The summed E-state index contributed by atoms with van der Waals surface area (Å²) in [5, 5.41) is 2.69. The smallest absolute Gasteiger partial charge is 0.324 e. The van der Waals surface area contributed by atoms with Crippen LogP contribution in [0.15, 0.2) is 54.6 Å². The summed E-state index contributed by atoms with van der Waals surface area (Å²) in [4.78, 5) is 29.6. The number of nitrogens with one attached hydrogen (secondary N) is 1. The summed E-state index contributed by atoms with van der Waals surface area (Å²) in [5.41, 5.74) is 2.27. The van der Waals surface area contributed by atoms with Crippen molar-refractivity contribution in [2.75, 3.05) is 37.5 Å². The summed E-state index contributed by atoms with van der Waals surface area (Å²) in [6.45, 7) is 3.20. The second-order valence-corrected chi connectivity index (χ2v) is 8.53. The largest absolute Gasteiger partial charge is 0.497 e. The van der Waals surface area contributed by atoms with Gasteiger partial charge in [-0.1, -0.05) is 6.07 Å². The molecular weight excluding hydrogens is 468 g/mol. The topological polar surface area (TPSA) is 71.1 Å². The van der Waals surface area contributed by atoms with Crippen molar-refractivity contribution in [1.82, 2.24) is 4.90 Å². The lowest BCUT2D eigenvalue weighted by Gasteiger charge is -2.36. The number of urea groups is 1. The highest BCUT2D eigenvalue weighted by Crippen LogP contribution is 2.32. The monoisotopic (exact) mass is 495 g/mol. The van der Waals surface area contributed by atoms with E-state index in [-0.39, 0.29) is 11.6 Å². The average molecular weight is 496 g/mol. The number of ether oxygens (including phenoxy) is 2. The molecule has 188 valence electrons. The van der Waals surface area contributed by atoms with Crippen LogP contribution < -0.4 is 19.7 Å². The van der Waals surface area contributed by atoms with Gasteiger partial charge in [-0.05, 0) is 60.9 Å². The van der Waals surface area contributed by atoms with E-state index in [4.69, 9.17) is 9.47 Å². The van der Waals surface area contributed by atoms with E-state index in [0.717, 1.165) is 23.3 Å². The Bertz CT molecular complexity index is 1280. The molecule has 3 aromatic rings. The molecule has 1 N–H and O–H groups in total. The van der Waals surface area contributed by atoms with Gasteiger partial charge < -0.3 is 19.7 Å². The molecule has 1 fully saturated rings. The number of amides is 3.